The van der Waals surface area contributed by atoms with Gasteiger partial charge in [-0.1, -0.05) is 13.0 Å². The maximum atomic E-state index is 13.5. The second-order valence-electron chi connectivity index (χ2n) is 3.95. The van der Waals surface area contributed by atoms with Gasteiger partial charge < -0.3 is 15.8 Å². The molecule has 1 rings (SSSR count). The summed E-state index contributed by atoms with van der Waals surface area (Å²) in [6.45, 7) is 3.45. The Morgan fingerprint density at radius 1 is 1.59 bits per heavy atom. The molecular weight excluding hydrogens is 223 g/mol. The number of nitrogens with one attached hydrogen (secondary N) is 1. The fraction of sp³-hybridized carbons (Fsp3) is 0.417. The van der Waals surface area contributed by atoms with Crippen molar-refractivity contribution in [2.75, 3.05) is 18.2 Å². The molecule has 0 spiro atoms. The molecule has 1 aromatic rings. The minimum atomic E-state index is -0.991. The first-order valence-corrected chi connectivity index (χ1v) is 5.35. The molecule has 1 amide bonds. The van der Waals surface area contributed by atoms with Crippen LogP contribution in [0, 0.1) is 5.82 Å². The Labute approximate surface area is 100.0 Å². The highest BCUT2D eigenvalue weighted by Crippen LogP contribution is 2.24. The summed E-state index contributed by atoms with van der Waals surface area (Å²) in [7, 11) is 1.44. The van der Waals surface area contributed by atoms with Gasteiger partial charge in [0.25, 0.3) is 5.91 Å². The van der Waals surface area contributed by atoms with Gasteiger partial charge in [-0.05, 0) is 25.5 Å². The second kappa shape index (κ2) is 5.14. The summed E-state index contributed by atoms with van der Waals surface area (Å²) in [5.74, 6) is -0.979. The average Bonchev–Trinajstić information content (AvgIpc) is 2.32. The van der Waals surface area contributed by atoms with Gasteiger partial charge in [0.2, 0.25) is 0 Å². The topological polar surface area (TPSA) is 64.3 Å². The van der Waals surface area contributed by atoms with E-state index in [1.165, 1.54) is 25.3 Å². The molecule has 0 fully saturated rings. The van der Waals surface area contributed by atoms with E-state index in [0.29, 0.717) is 6.42 Å². The van der Waals surface area contributed by atoms with Crippen molar-refractivity contribution in [3.63, 3.8) is 0 Å². The van der Waals surface area contributed by atoms with Crippen molar-refractivity contribution >= 4 is 17.3 Å². The van der Waals surface area contributed by atoms with Crippen LogP contribution in [0.1, 0.15) is 20.3 Å². The Hall–Kier alpha value is -1.62. The van der Waals surface area contributed by atoms with Crippen molar-refractivity contribution in [2.24, 2.45) is 0 Å². The summed E-state index contributed by atoms with van der Waals surface area (Å²) < 4.78 is 18.6. The van der Waals surface area contributed by atoms with E-state index in [4.69, 9.17) is 10.5 Å². The zero-order valence-electron chi connectivity index (χ0n) is 10.2. The number of ether oxygens (including phenoxy) is 1. The molecule has 0 aliphatic carbocycles. The highest BCUT2D eigenvalue weighted by molar-refractivity contribution is 5.99. The number of nitrogen functional groups attached to an aromatic ring is 1. The van der Waals surface area contributed by atoms with Crippen molar-refractivity contribution in [1.29, 1.82) is 0 Å². The lowest BCUT2D eigenvalue weighted by Gasteiger charge is -2.25. The molecule has 1 unspecified atom stereocenters. The standard InChI is InChI=1S/C12H17FN2O2/c1-4-12(2,17-3)11(16)15-10-8(13)6-5-7-9(10)14/h5-7H,4,14H2,1-3H3,(H,15,16). The van der Waals surface area contributed by atoms with E-state index in [1.54, 1.807) is 6.92 Å². The van der Waals surface area contributed by atoms with Gasteiger partial charge in [0.1, 0.15) is 17.1 Å². The predicted molar refractivity (Wildman–Crippen MR) is 65.1 cm³/mol. The van der Waals surface area contributed by atoms with Crippen LogP contribution in [-0.4, -0.2) is 18.6 Å². The number of methoxy groups -OCH3 is 1. The van der Waals surface area contributed by atoms with Crippen LogP contribution in [0.4, 0.5) is 15.8 Å². The number of rotatable bonds is 4. The van der Waals surface area contributed by atoms with E-state index in [1.807, 2.05) is 6.92 Å². The quantitative estimate of drug-likeness (QED) is 0.793. The third-order valence-corrected chi connectivity index (χ3v) is 2.89. The van der Waals surface area contributed by atoms with Crippen LogP contribution >= 0.6 is 0 Å². The number of nitrogens with two attached hydrogens (primary N) is 1. The fourth-order valence-electron chi connectivity index (χ4n) is 1.32. The maximum Gasteiger partial charge on any atom is 0.256 e. The molecule has 0 saturated carbocycles. The Morgan fingerprint density at radius 3 is 2.71 bits per heavy atom. The van der Waals surface area contributed by atoms with Crippen molar-refractivity contribution in [2.45, 2.75) is 25.9 Å². The number of carbonyl (C=O) groups excluding carboxylic acids is 1. The number of halogens is 1. The van der Waals surface area contributed by atoms with Crippen LogP contribution < -0.4 is 11.1 Å². The van der Waals surface area contributed by atoms with Crippen LogP contribution in [0.3, 0.4) is 0 Å². The Morgan fingerprint density at radius 2 is 2.24 bits per heavy atom. The van der Waals surface area contributed by atoms with Gasteiger partial charge in [-0.2, -0.15) is 0 Å². The van der Waals surface area contributed by atoms with Gasteiger partial charge in [0.05, 0.1) is 5.69 Å². The lowest BCUT2D eigenvalue weighted by molar-refractivity contribution is -0.136. The van der Waals surface area contributed by atoms with E-state index < -0.39 is 17.3 Å². The molecule has 94 valence electrons. The third-order valence-electron chi connectivity index (χ3n) is 2.89. The van der Waals surface area contributed by atoms with Crippen LogP contribution in [0.15, 0.2) is 18.2 Å². The predicted octanol–water partition coefficient (Wildman–Crippen LogP) is 2.16. The minimum absolute atomic E-state index is 0.00535. The van der Waals surface area contributed by atoms with Crippen LogP contribution in [-0.2, 0) is 9.53 Å². The van der Waals surface area contributed by atoms with Crippen molar-refractivity contribution in [1.82, 2.24) is 0 Å². The van der Waals surface area contributed by atoms with Gasteiger partial charge in [0, 0.05) is 7.11 Å². The van der Waals surface area contributed by atoms with Crippen molar-refractivity contribution < 1.29 is 13.9 Å². The molecule has 3 N–H and O–H groups in total. The summed E-state index contributed by atoms with van der Waals surface area (Å²) in [5.41, 5.74) is 4.79. The smallest absolute Gasteiger partial charge is 0.256 e. The lowest BCUT2D eigenvalue weighted by Crippen LogP contribution is -2.41. The first kappa shape index (κ1) is 13.4. The molecule has 4 nitrogen and oxygen atoms in total. The highest BCUT2D eigenvalue weighted by atomic mass is 19.1. The SMILES string of the molecule is CCC(C)(OC)C(=O)Nc1c(N)cccc1F. The third kappa shape index (κ3) is 2.74. The summed E-state index contributed by atoms with van der Waals surface area (Å²) in [4.78, 5) is 11.9. The van der Waals surface area contributed by atoms with Gasteiger partial charge in [0.15, 0.2) is 0 Å². The number of para-hydroxylation sites is 1. The Bertz CT molecular complexity index is 397. The number of hydrogen-bond acceptors (Lipinski definition) is 3. The Kier molecular flexibility index (Phi) is 4.07. The lowest BCUT2D eigenvalue weighted by atomic mass is 10.0. The second-order valence-corrected chi connectivity index (χ2v) is 3.95. The van der Waals surface area contributed by atoms with Crippen molar-refractivity contribution in [3.05, 3.63) is 24.0 Å². The normalized spacial score (nSPS) is 14.1. The Balaban J connectivity index is 2.96. The number of benzene rings is 1. The zero-order chi connectivity index (χ0) is 13.1. The molecule has 0 bridgehead atoms. The average molecular weight is 240 g/mol. The number of carbonyl (C=O) groups is 1. The molecule has 0 aliphatic rings. The number of anilines is 2. The first-order chi connectivity index (χ1) is 7.94. The van der Waals surface area contributed by atoms with Crippen LogP contribution in [0.5, 0.6) is 0 Å². The molecule has 0 aromatic heterocycles. The van der Waals surface area contributed by atoms with Crippen molar-refractivity contribution in [3.8, 4) is 0 Å². The minimum Gasteiger partial charge on any atom is -0.397 e. The van der Waals surface area contributed by atoms with Gasteiger partial charge >= 0.3 is 0 Å². The highest BCUT2D eigenvalue weighted by Gasteiger charge is 2.31. The first-order valence-electron chi connectivity index (χ1n) is 5.35. The number of hydrogen-bond donors (Lipinski definition) is 2. The summed E-state index contributed by atoms with van der Waals surface area (Å²) >= 11 is 0. The zero-order valence-corrected chi connectivity index (χ0v) is 10.2. The fourth-order valence-corrected chi connectivity index (χ4v) is 1.32. The molecule has 5 heteroatoms. The molecule has 0 heterocycles. The van der Waals surface area contributed by atoms with E-state index >= 15 is 0 Å². The van der Waals surface area contributed by atoms with E-state index in [9.17, 15) is 9.18 Å². The van der Waals surface area contributed by atoms with Gasteiger partial charge in [-0.15, -0.1) is 0 Å². The largest absolute Gasteiger partial charge is 0.397 e. The maximum absolute atomic E-state index is 13.5. The summed E-state index contributed by atoms with van der Waals surface area (Å²) in [5, 5.41) is 2.46. The van der Waals surface area contributed by atoms with E-state index in [0.717, 1.165) is 0 Å². The van der Waals surface area contributed by atoms with Gasteiger partial charge in [-0.3, -0.25) is 4.79 Å². The molecule has 17 heavy (non-hydrogen) atoms. The molecule has 1 atom stereocenters. The summed E-state index contributed by atoms with van der Waals surface area (Å²) in [6.07, 6.45) is 0.476. The van der Waals surface area contributed by atoms with Crippen LogP contribution in [0.2, 0.25) is 0 Å². The van der Waals surface area contributed by atoms with E-state index in [-0.39, 0.29) is 11.4 Å². The molecule has 0 radical (unpaired) electrons. The number of amides is 1. The molecule has 0 aliphatic heterocycles. The van der Waals surface area contributed by atoms with E-state index in [2.05, 4.69) is 5.32 Å². The molecule has 0 saturated heterocycles. The van der Waals surface area contributed by atoms with Gasteiger partial charge in [-0.25, -0.2) is 4.39 Å². The van der Waals surface area contributed by atoms with Crippen LogP contribution in [0.25, 0.3) is 0 Å². The monoisotopic (exact) mass is 240 g/mol. The molecular formula is C12H17FN2O2. The summed E-state index contributed by atoms with van der Waals surface area (Å²) in [6, 6.07) is 4.24. The molecule has 1 aromatic carbocycles.